The maximum absolute atomic E-state index is 10.2. The van der Waals surface area contributed by atoms with Crippen LogP contribution < -0.4 is 0 Å². The predicted molar refractivity (Wildman–Crippen MR) is 73.1 cm³/mol. The van der Waals surface area contributed by atoms with Gasteiger partial charge in [-0.2, -0.15) is 0 Å². The third-order valence-electron chi connectivity index (χ3n) is 3.81. The molecule has 1 aromatic carbocycles. The second kappa shape index (κ2) is 5.22. The van der Waals surface area contributed by atoms with E-state index in [2.05, 4.69) is 49.7 Å². The number of aryl methyl sites for hydroxylation is 1. The fraction of sp³-hybridized carbons (Fsp3) is 0.571. The van der Waals surface area contributed by atoms with Crippen LogP contribution in [0.4, 0.5) is 0 Å². The smallest absolute Gasteiger partial charge is 0.133 e. The average molecular weight is 285 g/mol. The molecule has 0 heterocycles. The van der Waals surface area contributed by atoms with E-state index in [0.717, 1.165) is 29.3 Å². The van der Waals surface area contributed by atoms with Crippen molar-refractivity contribution in [3.63, 3.8) is 0 Å². The number of hydrogen-bond donors (Lipinski definition) is 1. The summed E-state index contributed by atoms with van der Waals surface area (Å²) in [5.41, 5.74) is 2.39. The summed E-state index contributed by atoms with van der Waals surface area (Å²) in [6.07, 6.45) is 3.18. The molecule has 0 saturated carbocycles. The topological polar surface area (TPSA) is 20.2 Å². The second-order valence-corrected chi connectivity index (χ2v) is 5.34. The zero-order chi connectivity index (χ0) is 12.3. The zero-order valence-corrected chi connectivity index (χ0v) is 12.2. The number of halogens is 1. The van der Waals surface area contributed by atoms with Gasteiger partial charge in [0.1, 0.15) is 5.75 Å². The summed E-state index contributed by atoms with van der Waals surface area (Å²) in [6, 6.07) is 4.08. The first-order chi connectivity index (χ1) is 7.50. The molecule has 2 heteroatoms. The number of phenols is 1. The SMILES string of the molecule is CCC(CC)(CC)c1cc(C)cc(Br)c1O. The lowest BCUT2D eigenvalue weighted by Crippen LogP contribution is -2.23. The van der Waals surface area contributed by atoms with Crippen molar-refractivity contribution < 1.29 is 5.11 Å². The Labute approximate surface area is 107 Å². The monoisotopic (exact) mass is 284 g/mol. The van der Waals surface area contributed by atoms with Crippen LogP contribution in [0.2, 0.25) is 0 Å². The minimum atomic E-state index is 0.110. The van der Waals surface area contributed by atoms with Gasteiger partial charge in [-0.05, 0) is 59.2 Å². The van der Waals surface area contributed by atoms with Crippen LogP contribution in [-0.2, 0) is 5.41 Å². The van der Waals surface area contributed by atoms with Gasteiger partial charge in [0.2, 0.25) is 0 Å². The van der Waals surface area contributed by atoms with E-state index < -0.39 is 0 Å². The van der Waals surface area contributed by atoms with Crippen molar-refractivity contribution in [3.05, 3.63) is 27.7 Å². The van der Waals surface area contributed by atoms with Crippen molar-refractivity contribution in [1.29, 1.82) is 0 Å². The molecular formula is C14H21BrO. The Balaban J connectivity index is 3.40. The molecule has 0 amide bonds. The summed E-state index contributed by atoms with van der Waals surface area (Å²) >= 11 is 3.43. The summed E-state index contributed by atoms with van der Waals surface area (Å²) in [5, 5.41) is 10.2. The summed E-state index contributed by atoms with van der Waals surface area (Å²) in [4.78, 5) is 0. The number of aromatic hydroxyl groups is 1. The fourth-order valence-corrected chi connectivity index (χ4v) is 3.03. The van der Waals surface area contributed by atoms with E-state index in [9.17, 15) is 5.11 Å². The Morgan fingerprint density at radius 2 is 1.62 bits per heavy atom. The third-order valence-corrected chi connectivity index (χ3v) is 4.41. The number of rotatable bonds is 4. The van der Waals surface area contributed by atoms with E-state index in [1.807, 2.05) is 6.07 Å². The molecule has 0 atom stereocenters. The van der Waals surface area contributed by atoms with Crippen LogP contribution in [0.25, 0.3) is 0 Å². The van der Waals surface area contributed by atoms with E-state index in [1.54, 1.807) is 0 Å². The Hall–Kier alpha value is -0.500. The van der Waals surface area contributed by atoms with Crippen LogP contribution in [-0.4, -0.2) is 5.11 Å². The molecule has 0 fully saturated rings. The van der Waals surface area contributed by atoms with Gasteiger partial charge in [0, 0.05) is 5.56 Å². The van der Waals surface area contributed by atoms with Gasteiger partial charge in [0.15, 0.2) is 0 Å². The third kappa shape index (κ3) is 2.27. The van der Waals surface area contributed by atoms with Crippen molar-refractivity contribution in [3.8, 4) is 5.75 Å². The number of phenolic OH excluding ortho intramolecular Hbond substituents is 1. The van der Waals surface area contributed by atoms with Gasteiger partial charge < -0.3 is 5.11 Å². The Kier molecular flexibility index (Phi) is 4.43. The predicted octanol–water partition coefficient (Wildman–Crippen LogP) is 4.93. The highest BCUT2D eigenvalue weighted by Crippen LogP contribution is 2.43. The van der Waals surface area contributed by atoms with Crippen molar-refractivity contribution in [2.45, 2.75) is 52.4 Å². The minimum absolute atomic E-state index is 0.110. The summed E-state index contributed by atoms with van der Waals surface area (Å²) in [7, 11) is 0. The largest absolute Gasteiger partial charge is 0.506 e. The first-order valence-electron chi connectivity index (χ1n) is 6.00. The summed E-state index contributed by atoms with van der Waals surface area (Å²) in [5.74, 6) is 0.413. The molecule has 0 radical (unpaired) electrons. The fourth-order valence-electron chi connectivity index (χ4n) is 2.46. The highest BCUT2D eigenvalue weighted by molar-refractivity contribution is 9.10. The molecule has 0 aliphatic heterocycles. The highest BCUT2D eigenvalue weighted by Gasteiger charge is 2.29. The molecule has 1 N–H and O–H groups in total. The van der Waals surface area contributed by atoms with Gasteiger partial charge >= 0.3 is 0 Å². The van der Waals surface area contributed by atoms with Gasteiger partial charge in [-0.25, -0.2) is 0 Å². The molecule has 0 spiro atoms. The van der Waals surface area contributed by atoms with Crippen molar-refractivity contribution in [1.82, 2.24) is 0 Å². The number of benzene rings is 1. The van der Waals surface area contributed by atoms with E-state index in [1.165, 1.54) is 5.56 Å². The molecule has 90 valence electrons. The van der Waals surface area contributed by atoms with Gasteiger partial charge in [0.25, 0.3) is 0 Å². The molecule has 0 aliphatic carbocycles. The lowest BCUT2D eigenvalue weighted by molar-refractivity contribution is 0.357. The van der Waals surface area contributed by atoms with Crippen LogP contribution in [0.1, 0.15) is 51.2 Å². The Morgan fingerprint density at radius 3 is 2.06 bits per heavy atom. The molecule has 16 heavy (non-hydrogen) atoms. The number of hydrogen-bond acceptors (Lipinski definition) is 1. The summed E-state index contributed by atoms with van der Waals surface area (Å²) in [6.45, 7) is 8.66. The first kappa shape index (κ1) is 13.6. The second-order valence-electron chi connectivity index (χ2n) is 4.48. The van der Waals surface area contributed by atoms with Crippen molar-refractivity contribution in [2.24, 2.45) is 0 Å². The first-order valence-corrected chi connectivity index (χ1v) is 6.79. The molecule has 0 aliphatic rings. The van der Waals surface area contributed by atoms with E-state index in [0.29, 0.717) is 5.75 Å². The quantitative estimate of drug-likeness (QED) is 0.831. The summed E-state index contributed by atoms with van der Waals surface area (Å²) < 4.78 is 0.808. The van der Waals surface area contributed by atoms with E-state index >= 15 is 0 Å². The Morgan fingerprint density at radius 1 is 1.12 bits per heavy atom. The molecule has 1 aromatic rings. The lowest BCUT2D eigenvalue weighted by Gasteiger charge is -2.32. The maximum Gasteiger partial charge on any atom is 0.133 e. The molecule has 0 saturated heterocycles. The minimum Gasteiger partial charge on any atom is -0.506 e. The molecule has 0 aromatic heterocycles. The van der Waals surface area contributed by atoms with Crippen LogP contribution in [0.5, 0.6) is 5.75 Å². The molecule has 1 nitrogen and oxygen atoms in total. The van der Waals surface area contributed by atoms with Crippen molar-refractivity contribution >= 4 is 15.9 Å². The lowest BCUT2D eigenvalue weighted by atomic mass is 9.73. The molecule has 1 rings (SSSR count). The maximum atomic E-state index is 10.2. The normalized spacial score (nSPS) is 11.8. The highest BCUT2D eigenvalue weighted by atomic mass is 79.9. The van der Waals surface area contributed by atoms with Crippen LogP contribution in [0.15, 0.2) is 16.6 Å². The molecule has 0 unspecified atom stereocenters. The molecule has 0 bridgehead atoms. The van der Waals surface area contributed by atoms with Gasteiger partial charge in [-0.3, -0.25) is 0 Å². The van der Waals surface area contributed by atoms with Crippen LogP contribution in [0, 0.1) is 6.92 Å². The van der Waals surface area contributed by atoms with E-state index in [-0.39, 0.29) is 5.41 Å². The average Bonchev–Trinajstić information content (AvgIpc) is 2.28. The van der Waals surface area contributed by atoms with Crippen LogP contribution >= 0.6 is 15.9 Å². The Bertz CT molecular complexity index is 359. The van der Waals surface area contributed by atoms with Crippen molar-refractivity contribution in [2.75, 3.05) is 0 Å². The zero-order valence-electron chi connectivity index (χ0n) is 10.6. The van der Waals surface area contributed by atoms with E-state index in [4.69, 9.17) is 0 Å². The van der Waals surface area contributed by atoms with Gasteiger partial charge in [-0.1, -0.05) is 26.8 Å². The molecular weight excluding hydrogens is 264 g/mol. The van der Waals surface area contributed by atoms with Gasteiger partial charge in [0.05, 0.1) is 4.47 Å². The standard InChI is InChI=1S/C14H21BrO/c1-5-14(6-2,7-3)11-8-10(4)9-12(15)13(11)16/h8-9,16H,5-7H2,1-4H3. The van der Waals surface area contributed by atoms with Crippen LogP contribution in [0.3, 0.4) is 0 Å². The van der Waals surface area contributed by atoms with Gasteiger partial charge in [-0.15, -0.1) is 0 Å².